The van der Waals surface area contributed by atoms with Crippen molar-refractivity contribution in [3.05, 3.63) is 30.1 Å². The molecule has 2 rings (SSSR count). The molecule has 2 heterocycles. The Balaban J connectivity index is 2.29. The minimum absolute atomic E-state index is 0.369. The molecule has 84 valence electrons. The Labute approximate surface area is 96.7 Å². The van der Waals surface area contributed by atoms with Crippen LogP contribution in [0.3, 0.4) is 0 Å². The summed E-state index contributed by atoms with van der Waals surface area (Å²) in [5.41, 5.74) is 0.569. The van der Waals surface area contributed by atoms with Gasteiger partial charge in [-0.05, 0) is 51.5 Å². The van der Waals surface area contributed by atoms with Gasteiger partial charge in [-0.15, -0.1) is 0 Å². The topological polar surface area (TPSA) is 39.9 Å². The average Bonchev–Trinajstić information content (AvgIpc) is 2.53. The molecule has 1 saturated heterocycles. The zero-order chi connectivity index (χ0) is 11.4. The maximum atomic E-state index is 9.50. The van der Waals surface area contributed by atoms with E-state index in [1.165, 1.54) is 0 Å². The van der Waals surface area contributed by atoms with Gasteiger partial charge in [0, 0.05) is 6.20 Å². The van der Waals surface area contributed by atoms with Crippen LogP contribution in [-0.4, -0.2) is 30.0 Å². The SMILES string of the molecule is CN1CCCC(C#N)(c2ccccn2)CC1. The molecule has 0 saturated carbocycles. The van der Waals surface area contributed by atoms with Crippen LogP contribution in [0.25, 0.3) is 0 Å². The molecule has 0 radical (unpaired) electrons. The highest BCUT2D eigenvalue weighted by atomic mass is 15.1. The van der Waals surface area contributed by atoms with Crippen LogP contribution in [0.4, 0.5) is 0 Å². The number of likely N-dealkylation sites (tertiary alicyclic amines) is 1. The van der Waals surface area contributed by atoms with Gasteiger partial charge in [0.25, 0.3) is 0 Å². The maximum absolute atomic E-state index is 9.50. The minimum Gasteiger partial charge on any atom is -0.306 e. The third-order valence-corrected chi connectivity index (χ3v) is 3.43. The highest BCUT2D eigenvalue weighted by Gasteiger charge is 2.35. The summed E-state index contributed by atoms with van der Waals surface area (Å²) in [5.74, 6) is 0. The summed E-state index contributed by atoms with van der Waals surface area (Å²) in [6.07, 6.45) is 4.66. The largest absolute Gasteiger partial charge is 0.306 e. The molecule has 3 nitrogen and oxygen atoms in total. The van der Waals surface area contributed by atoms with Crippen molar-refractivity contribution in [2.24, 2.45) is 0 Å². The molecule has 0 amide bonds. The lowest BCUT2D eigenvalue weighted by molar-refractivity contribution is 0.341. The van der Waals surface area contributed by atoms with Crippen molar-refractivity contribution < 1.29 is 0 Å². The Morgan fingerprint density at radius 3 is 2.94 bits per heavy atom. The number of nitriles is 1. The molecule has 1 aromatic rings. The molecule has 3 heteroatoms. The molecular formula is C13H17N3. The number of rotatable bonds is 1. The Kier molecular flexibility index (Phi) is 3.21. The Bertz CT molecular complexity index is 382. The lowest BCUT2D eigenvalue weighted by atomic mass is 9.79. The van der Waals surface area contributed by atoms with Crippen LogP contribution in [0, 0.1) is 11.3 Å². The van der Waals surface area contributed by atoms with Crippen LogP contribution in [0.2, 0.25) is 0 Å². The third-order valence-electron chi connectivity index (χ3n) is 3.43. The second kappa shape index (κ2) is 4.63. The fourth-order valence-electron chi connectivity index (χ4n) is 2.34. The summed E-state index contributed by atoms with van der Waals surface area (Å²) in [7, 11) is 2.12. The number of nitrogens with zero attached hydrogens (tertiary/aromatic N) is 3. The molecule has 1 aliphatic rings. The monoisotopic (exact) mass is 215 g/mol. The normalized spacial score (nSPS) is 27.0. The first-order valence-electron chi connectivity index (χ1n) is 5.78. The first-order chi connectivity index (χ1) is 7.77. The molecule has 0 N–H and O–H groups in total. The van der Waals surface area contributed by atoms with Gasteiger partial charge in [0.2, 0.25) is 0 Å². The van der Waals surface area contributed by atoms with Gasteiger partial charge in [-0.25, -0.2) is 0 Å². The van der Waals surface area contributed by atoms with Crippen LogP contribution in [0.1, 0.15) is 25.0 Å². The second-order valence-corrected chi connectivity index (χ2v) is 4.57. The summed E-state index contributed by atoms with van der Waals surface area (Å²) in [6, 6.07) is 8.35. The fraction of sp³-hybridized carbons (Fsp3) is 0.538. The van der Waals surface area contributed by atoms with Crippen molar-refractivity contribution in [3.63, 3.8) is 0 Å². The van der Waals surface area contributed by atoms with Crippen LogP contribution in [-0.2, 0) is 5.41 Å². The van der Waals surface area contributed by atoms with Gasteiger partial charge in [-0.1, -0.05) is 6.07 Å². The molecule has 0 aliphatic carbocycles. The summed E-state index contributed by atoms with van der Waals surface area (Å²) in [4.78, 5) is 6.66. The summed E-state index contributed by atoms with van der Waals surface area (Å²) < 4.78 is 0. The van der Waals surface area contributed by atoms with E-state index in [1.807, 2.05) is 18.2 Å². The van der Waals surface area contributed by atoms with Gasteiger partial charge in [0.05, 0.1) is 11.8 Å². The molecule has 0 bridgehead atoms. The van der Waals surface area contributed by atoms with Gasteiger partial charge < -0.3 is 4.90 Å². The Morgan fingerprint density at radius 2 is 2.25 bits per heavy atom. The number of aromatic nitrogens is 1. The van der Waals surface area contributed by atoms with E-state index < -0.39 is 0 Å². The van der Waals surface area contributed by atoms with Gasteiger partial charge >= 0.3 is 0 Å². The van der Waals surface area contributed by atoms with Gasteiger partial charge in [0.1, 0.15) is 5.41 Å². The third kappa shape index (κ3) is 2.07. The maximum Gasteiger partial charge on any atom is 0.101 e. The van der Waals surface area contributed by atoms with Gasteiger partial charge in [-0.3, -0.25) is 4.98 Å². The van der Waals surface area contributed by atoms with Crippen molar-refractivity contribution in [3.8, 4) is 6.07 Å². The van der Waals surface area contributed by atoms with Crippen LogP contribution in [0.5, 0.6) is 0 Å². The first kappa shape index (κ1) is 11.1. The molecule has 0 spiro atoms. The van der Waals surface area contributed by atoms with E-state index in [0.717, 1.165) is 38.0 Å². The quantitative estimate of drug-likeness (QED) is 0.719. The highest BCUT2D eigenvalue weighted by Crippen LogP contribution is 2.33. The second-order valence-electron chi connectivity index (χ2n) is 4.57. The summed E-state index contributed by atoms with van der Waals surface area (Å²) in [5, 5.41) is 9.50. The average molecular weight is 215 g/mol. The van der Waals surface area contributed by atoms with E-state index in [2.05, 4.69) is 23.0 Å². The van der Waals surface area contributed by atoms with Crippen LogP contribution in [0.15, 0.2) is 24.4 Å². The van der Waals surface area contributed by atoms with Gasteiger partial charge in [0.15, 0.2) is 0 Å². The Hall–Kier alpha value is -1.40. The molecular weight excluding hydrogens is 198 g/mol. The van der Waals surface area contributed by atoms with Crippen molar-refractivity contribution in [2.45, 2.75) is 24.7 Å². The van der Waals surface area contributed by atoms with E-state index in [-0.39, 0.29) is 5.41 Å². The number of hydrogen-bond donors (Lipinski definition) is 0. The van der Waals surface area contributed by atoms with Crippen LogP contribution >= 0.6 is 0 Å². The molecule has 1 unspecified atom stereocenters. The van der Waals surface area contributed by atoms with E-state index in [0.29, 0.717) is 0 Å². The van der Waals surface area contributed by atoms with Crippen molar-refractivity contribution in [1.82, 2.24) is 9.88 Å². The zero-order valence-electron chi connectivity index (χ0n) is 9.69. The van der Waals surface area contributed by atoms with Crippen molar-refractivity contribution in [2.75, 3.05) is 20.1 Å². The van der Waals surface area contributed by atoms with E-state index in [4.69, 9.17) is 0 Å². The standard InChI is InChI=1S/C13H17N3/c1-16-9-4-6-13(11-14,7-10-16)12-5-2-3-8-15-12/h2-3,5,8H,4,6-7,9-10H2,1H3. The van der Waals surface area contributed by atoms with Gasteiger partial charge in [-0.2, -0.15) is 5.26 Å². The summed E-state index contributed by atoms with van der Waals surface area (Å²) in [6.45, 7) is 2.06. The smallest absolute Gasteiger partial charge is 0.101 e. The zero-order valence-corrected chi connectivity index (χ0v) is 9.69. The fourth-order valence-corrected chi connectivity index (χ4v) is 2.34. The predicted molar refractivity (Wildman–Crippen MR) is 62.9 cm³/mol. The van der Waals surface area contributed by atoms with E-state index in [1.54, 1.807) is 6.20 Å². The molecule has 1 aliphatic heterocycles. The number of hydrogen-bond acceptors (Lipinski definition) is 3. The van der Waals surface area contributed by atoms with E-state index in [9.17, 15) is 5.26 Å². The molecule has 0 aromatic carbocycles. The first-order valence-corrected chi connectivity index (χ1v) is 5.78. The van der Waals surface area contributed by atoms with Crippen LogP contribution < -0.4 is 0 Å². The lowest BCUT2D eigenvalue weighted by Crippen LogP contribution is -2.27. The highest BCUT2D eigenvalue weighted by molar-refractivity contribution is 5.26. The number of pyridine rings is 1. The summed E-state index contributed by atoms with van der Waals surface area (Å²) >= 11 is 0. The minimum atomic E-state index is -0.369. The molecule has 1 aromatic heterocycles. The molecule has 16 heavy (non-hydrogen) atoms. The molecule has 1 fully saturated rings. The van der Waals surface area contributed by atoms with E-state index >= 15 is 0 Å². The lowest BCUT2D eigenvalue weighted by Gasteiger charge is -2.23. The van der Waals surface area contributed by atoms with Crippen molar-refractivity contribution >= 4 is 0 Å². The molecule has 1 atom stereocenters. The Morgan fingerprint density at radius 1 is 1.38 bits per heavy atom. The predicted octanol–water partition coefficient (Wildman–Crippen LogP) is 1.96. The van der Waals surface area contributed by atoms with Crippen molar-refractivity contribution in [1.29, 1.82) is 5.26 Å².